The van der Waals surface area contributed by atoms with E-state index in [1.54, 1.807) is 0 Å². The molecular weight excluding hydrogens is 228 g/mol. The first kappa shape index (κ1) is 11.2. The highest BCUT2D eigenvalue weighted by atomic mass is 16.2. The molecule has 2 aliphatic heterocycles. The zero-order valence-electron chi connectivity index (χ0n) is 10.5. The molecule has 1 unspecified atom stereocenters. The summed E-state index contributed by atoms with van der Waals surface area (Å²) in [6.45, 7) is 5.23. The molecule has 2 aliphatic rings. The van der Waals surface area contributed by atoms with E-state index in [2.05, 4.69) is 16.3 Å². The fraction of sp³-hybridized carbons (Fsp3) is 0.462. The van der Waals surface area contributed by atoms with Gasteiger partial charge in [0, 0.05) is 26.2 Å². The van der Waals surface area contributed by atoms with Crippen molar-refractivity contribution in [3.05, 3.63) is 23.8 Å². The number of nitrogens with one attached hydrogen (secondary N) is 1. The summed E-state index contributed by atoms with van der Waals surface area (Å²) in [5.74, 6) is 0. The van der Waals surface area contributed by atoms with E-state index in [1.165, 1.54) is 0 Å². The van der Waals surface area contributed by atoms with Crippen LogP contribution < -0.4 is 16.0 Å². The van der Waals surface area contributed by atoms with Gasteiger partial charge in [-0.2, -0.15) is 0 Å². The van der Waals surface area contributed by atoms with Gasteiger partial charge in [-0.25, -0.2) is 4.79 Å². The Bertz CT molecular complexity index is 488. The number of aryl methyl sites for hydroxylation is 1. The van der Waals surface area contributed by atoms with E-state index in [0.717, 1.165) is 43.1 Å². The first-order chi connectivity index (χ1) is 8.66. The molecule has 2 saturated heterocycles. The summed E-state index contributed by atoms with van der Waals surface area (Å²) in [6.07, 6.45) is 0. The summed E-state index contributed by atoms with van der Waals surface area (Å²) < 4.78 is 0. The molecule has 5 nitrogen and oxygen atoms in total. The molecule has 1 aromatic carbocycles. The van der Waals surface area contributed by atoms with Gasteiger partial charge in [0.05, 0.1) is 17.4 Å². The van der Waals surface area contributed by atoms with E-state index in [9.17, 15) is 4.79 Å². The molecule has 2 fully saturated rings. The van der Waals surface area contributed by atoms with Gasteiger partial charge in [-0.3, -0.25) is 0 Å². The van der Waals surface area contributed by atoms with Gasteiger partial charge in [0.2, 0.25) is 0 Å². The number of carbonyl (C=O) groups excluding carboxylic acids is 1. The Morgan fingerprint density at radius 2 is 2.22 bits per heavy atom. The maximum Gasteiger partial charge on any atom is 0.317 e. The number of nitrogen functional groups attached to an aromatic ring is 1. The molecule has 5 heteroatoms. The van der Waals surface area contributed by atoms with Gasteiger partial charge >= 0.3 is 6.03 Å². The minimum atomic E-state index is 0.0665. The number of hydrogen-bond donors (Lipinski definition) is 2. The van der Waals surface area contributed by atoms with E-state index in [-0.39, 0.29) is 12.1 Å². The Kier molecular flexibility index (Phi) is 2.54. The molecule has 0 spiro atoms. The Morgan fingerprint density at radius 3 is 3.06 bits per heavy atom. The monoisotopic (exact) mass is 246 g/mol. The van der Waals surface area contributed by atoms with Crippen molar-refractivity contribution in [2.75, 3.05) is 36.8 Å². The van der Waals surface area contributed by atoms with Crippen molar-refractivity contribution in [1.82, 2.24) is 10.2 Å². The number of carbonyl (C=O) groups is 1. The number of nitrogens with two attached hydrogens (primary N) is 1. The number of benzene rings is 1. The van der Waals surface area contributed by atoms with E-state index in [4.69, 9.17) is 5.73 Å². The minimum absolute atomic E-state index is 0.0665. The van der Waals surface area contributed by atoms with Gasteiger partial charge in [0.25, 0.3) is 0 Å². The number of nitrogens with zero attached hydrogens (tertiary/aromatic N) is 2. The SMILES string of the molecule is Cc1cccc(N2CCN3C(=O)NCC3C2)c1N. The summed E-state index contributed by atoms with van der Waals surface area (Å²) in [4.78, 5) is 15.7. The van der Waals surface area contributed by atoms with Gasteiger partial charge in [-0.15, -0.1) is 0 Å². The number of piperazine rings is 1. The maximum atomic E-state index is 11.5. The first-order valence-electron chi connectivity index (χ1n) is 6.31. The molecule has 2 amide bonds. The fourth-order valence-electron chi connectivity index (χ4n) is 2.76. The highest BCUT2D eigenvalue weighted by Crippen LogP contribution is 2.28. The van der Waals surface area contributed by atoms with Crippen molar-refractivity contribution in [2.24, 2.45) is 0 Å². The normalized spacial score (nSPS) is 22.9. The van der Waals surface area contributed by atoms with Crippen LogP contribution in [0, 0.1) is 6.92 Å². The van der Waals surface area contributed by atoms with E-state index < -0.39 is 0 Å². The van der Waals surface area contributed by atoms with Gasteiger partial charge in [0.15, 0.2) is 0 Å². The van der Waals surface area contributed by atoms with Gasteiger partial charge in [-0.05, 0) is 18.6 Å². The van der Waals surface area contributed by atoms with Crippen molar-refractivity contribution >= 4 is 17.4 Å². The van der Waals surface area contributed by atoms with Crippen molar-refractivity contribution in [1.29, 1.82) is 0 Å². The third kappa shape index (κ3) is 1.66. The Hall–Kier alpha value is -1.91. The second-order valence-corrected chi connectivity index (χ2v) is 4.99. The third-order valence-corrected chi connectivity index (χ3v) is 3.87. The molecule has 2 heterocycles. The molecular formula is C13H18N4O. The van der Waals surface area contributed by atoms with Crippen LogP contribution >= 0.6 is 0 Å². The average Bonchev–Trinajstić information content (AvgIpc) is 2.74. The summed E-state index contributed by atoms with van der Waals surface area (Å²) in [5.41, 5.74) is 9.19. The largest absolute Gasteiger partial charge is 0.397 e. The topological polar surface area (TPSA) is 61.6 Å². The van der Waals surface area contributed by atoms with Crippen molar-refractivity contribution in [3.8, 4) is 0 Å². The molecule has 0 saturated carbocycles. The third-order valence-electron chi connectivity index (χ3n) is 3.87. The van der Waals surface area contributed by atoms with Crippen molar-refractivity contribution < 1.29 is 4.79 Å². The molecule has 96 valence electrons. The molecule has 3 N–H and O–H groups in total. The number of amides is 2. The highest BCUT2D eigenvalue weighted by molar-refractivity contribution is 5.78. The lowest BCUT2D eigenvalue weighted by molar-refractivity contribution is 0.198. The van der Waals surface area contributed by atoms with Crippen LogP contribution in [0.2, 0.25) is 0 Å². The standard InChI is InChI=1S/C13H18N4O/c1-9-3-2-4-11(12(9)14)16-5-6-17-10(8-16)7-15-13(17)18/h2-4,10H,5-8,14H2,1H3,(H,15,18). The van der Waals surface area contributed by atoms with Crippen LogP contribution in [-0.4, -0.2) is 43.2 Å². The van der Waals surface area contributed by atoms with Crippen LogP contribution in [-0.2, 0) is 0 Å². The second kappa shape index (κ2) is 4.08. The number of fused-ring (bicyclic) bond motifs is 1. The minimum Gasteiger partial charge on any atom is -0.397 e. The van der Waals surface area contributed by atoms with Crippen LogP contribution in [0.5, 0.6) is 0 Å². The van der Waals surface area contributed by atoms with E-state index in [0.29, 0.717) is 0 Å². The average molecular weight is 246 g/mol. The molecule has 1 atom stereocenters. The zero-order chi connectivity index (χ0) is 12.7. The zero-order valence-corrected chi connectivity index (χ0v) is 10.5. The van der Waals surface area contributed by atoms with Gasteiger partial charge < -0.3 is 20.9 Å². The van der Waals surface area contributed by atoms with Gasteiger partial charge in [-0.1, -0.05) is 12.1 Å². The van der Waals surface area contributed by atoms with E-state index >= 15 is 0 Å². The number of rotatable bonds is 1. The van der Waals surface area contributed by atoms with Crippen LogP contribution in [0.4, 0.5) is 16.2 Å². The van der Waals surface area contributed by atoms with Crippen LogP contribution in [0.1, 0.15) is 5.56 Å². The quantitative estimate of drug-likeness (QED) is 0.720. The smallest absolute Gasteiger partial charge is 0.317 e. The molecule has 1 aromatic rings. The fourth-order valence-corrected chi connectivity index (χ4v) is 2.76. The molecule has 0 bridgehead atoms. The number of urea groups is 1. The molecule has 0 aliphatic carbocycles. The van der Waals surface area contributed by atoms with Crippen molar-refractivity contribution in [3.63, 3.8) is 0 Å². The predicted octanol–water partition coefficient (Wildman–Crippen LogP) is 0.791. The lowest BCUT2D eigenvalue weighted by atomic mass is 10.1. The number of para-hydroxylation sites is 1. The highest BCUT2D eigenvalue weighted by Gasteiger charge is 2.35. The number of anilines is 2. The number of hydrogen-bond acceptors (Lipinski definition) is 3. The molecule has 3 rings (SSSR count). The summed E-state index contributed by atoms with van der Waals surface area (Å²) in [5, 5.41) is 2.89. The second-order valence-electron chi connectivity index (χ2n) is 4.99. The predicted molar refractivity (Wildman–Crippen MR) is 71.7 cm³/mol. The summed E-state index contributed by atoms with van der Waals surface area (Å²) in [6, 6.07) is 6.45. The van der Waals surface area contributed by atoms with Crippen LogP contribution in [0.25, 0.3) is 0 Å². The summed E-state index contributed by atoms with van der Waals surface area (Å²) in [7, 11) is 0. The molecule has 0 radical (unpaired) electrons. The van der Waals surface area contributed by atoms with Crippen LogP contribution in [0.3, 0.4) is 0 Å². The Labute approximate surface area is 107 Å². The lowest BCUT2D eigenvalue weighted by Gasteiger charge is -2.38. The lowest BCUT2D eigenvalue weighted by Crippen LogP contribution is -2.52. The van der Waals surface area contributed by atoms with Crippen molar-refractivity contribution in [2.45, 2.75) is 13.0 Å². The summed E-state index contributed by atoms with van der Waals surface area (Å²) >= 11 is 0. The van der Waals surface area contributed by atoms with Gasteiger partial charge in [0.1, 0.15) is 0 Å². The Morgan fingerprint density at radius 1 is 1.39 bits per heavy atom. The first-order valence-corrected chi connectivity index (χ1v) is 6.31. The van der Waals surface area contributed by atoms with E-state index in [1.807, 2.05) is 24.0 Å². The van der Waals surface area contributed by atoms with Crippen LogP contribution in [0.15, 0.2) is 18.2 Å². The maximum absolute atomic E-state index is 11.5. The Balaban J connectivity index is 1.83. The molecule has 0 aromatic heterocycles. The molecule has 18 heavy (non-hydrogen) atoms.